The minimum atomic E-state index is -0.889. The van der Waals surface area contributed by atoms with Gasteiger partial charge >= 0.3 is 5.97 Å². The molecule has 0 radical (unpaired) electrons. The van der Waals surface area contributed by atoms with E-state index in [0.717, 1.165) is 33.3 Å². The van der Waals surface area contributed by atoms with Gasteiger partial charge in [-0.2, -0.15) is 0 Å². The van der Waals surface area contributed by atoms with Crippen LogP contribution in [-0.2, 0) is 16.6 Å². The molecule has 1 N–H and O–H groups in total. The predicted octanol–water partition coefficient (Wildman–Crippen LogP) is 5.65. The van der Waals surface area contributed by atoms with Crippen molar-refractivity contribution < 1.29 is 19.4 Å². The van der Waals surface area contributed by atoms with Crippen LogP contribution >= 0.6 is 24.0 Å². The lowest BCUT2D eigenvalue weighted by molar-refractivity contribution is -0.137. The van der Waals surface area contributed by atoms with Gasteiger partial charge in [-0.25, -0.2) is 0 Å². The number of thioether (sulfide) groups is 1. The fourth-order valence-electron chi connectivity index (χ4n) is 3.81. The third kappa shape index (κ3) is 4.54. The van der Waals surface area contributed by atoms with Crippen LogP contribution in [0.3, 0.4) is 0 Å². The molecule has 1 fully saturated rings. The van der Waals surface area contributed by atoms with Crippen molar-refractivity contribution in [3.63, 3.8) is 0 Å². The lowest BCUT2D eigenvalue weighted by atomic mass is 10.1. The Balaban J connectivity index is 1.74. The molecule has 170 valence electrons. The highest BCUT2D eigenvalue weighted by Gasteiger charge is 2.32. The minimum absolute atomic E-state index is 0.00668. The van der Waals surface area contributed by atoms with Gasteiger partial charge in [-0.1, -0.05) is 54.3 Å². The number of benzene rings is 2. The number of carbonyl (C=O) groups excluding carboxylic acids is 1. The van der Waals surface area contributed by atoms with Crippen LogP contribution in [0, 0.1) is 13.8 Å². The molecule has 1 aliphatic heterocycles. The zero-order valence-corrected chi connectivity index (χ0v) is 20.3. The Hall–Kier alpha value is -3.10. The van der Waals surface area contributed by atoms with Crippen molar-refractivity contribution in [2.75, 3.05) is 6.54 Å². The number of hydrogen-bond donors (Lipinski definition) is 1. The first-order valence-electron chi connectivity index (χ1n) is 10.6. The van der Waals surface area contributed by atoms with Crippen molar-refractivity contribution in [3.05, 3.63) is 64.1 Å². The maximum Gasteiger partial charge on any atom is 0.303 e. The van der Waals surface area contributed by atoms with Crippen LogP contribution in [0.1, 0.15) is 29.5 Å². The molecular weight excluding hydrogens is 456 g/mol. The quantitative estimate of drug-likeness (QED) is 0.348. The van der Waals surface area contributed by atoms with Crippen molar-refractivity contribution in [3.8, 4) is 11.6 Å². The summed E-state index contributed by atoms with van der Waals surface area (Å²) in [7, 11) is 1.94. The maximum absolute atomic E-state index is 13.1. The van der Waals surface area contributed by atoms with Gasteiger partial charge in [0.05, 0.1) is 10.4 Å². The third-order valence-electron chi connectivity index (χ3n) is 5.77. The number of carboxylic acid groups (broad SMARTS) is 1. The molecule has 0 unspecified atom stereocenters. The molecule has 6 nitrogen and oxygen atoms in total. The van der Waals surface area contributed by atoms with Gasteiger partial charge in [-0.3, -0.25) is 14.5 Å². The summed E-state index contributed by atoms with van der Waals surface area (Å²) < 4.78 is 8.83. The molecule has 2 aromatic carbocycles. The number of nitrogens with zero attached hydrogens (tertiary/aromatic N) is 2. The summed E-state index contributed by atoms with van der Waals surface area (Å²) in [6, 6.07) is 13.9. The van der Waals surface area contributed by atoms with Crippen molar-refractivity contribution in [2.24, 2.45) is 7.05 Å². The van der Waals surface area contributed by atoms with E-state index in [1.165, 1.54) is 16.7 Å². The highest BCUT2D eigenvalue weighted by atomic mass is 32.2. The Bertz CT molecular complexity index is 1310. The molecular formula is C25H24N2O4S2. The summed E-state index contributed by atoms with van der Waals surface area (Å²) in [4.78, 5) is 25.9. The Labute approximate surface area is 201 Å². The number of carboxylic acids is 1. The molecule has 33 heavy (non-hydrogen) atoms. The first kappa shape index (κ1) is 23.1. The molecule has 2 heterocycles. The zero-order chi connectivity index (χ0) is 23.7. The Morgan fingerprint density at radius 2 is 1.94 bits per heavy atom. The summed E-state index contributed by atoms with van der Waals surface area (Å²) in [6.45, 7) is 4.35. The smallest absolute Gasteiger partial charge is 0.303 e. The van der Waals surface area contributed by atoms with E-state index in [-0.39, 0.29) is 18.9 Å². The van der Waals surface area contributed by atoms with Gasteiger partial charge in [-0.15, -0.1) is 0 Å². The molecule has 8 heteroatoms. The highest BCUT2D eigenvalue weighted by Crippen LogP contribution is 2.40. The van der Waals surface area contributed by atoms with Crippen molar-refractivity contribution in [2.45, 2.75) is 26.7 Å². The van der Waals surface area contributed by atoms with Gasteiger partial charge in [-0.05, 0) is 49.6 Å². The number of ether oxygens (including phenoxy) is 1. The lowest BCUT2D eigenvalue weighted by Crippen LogP contribution is -2.29. The SMILES string of the molecule is Cc1cccc(Oc2c(C=C3SC(=S)N(CCCC(=O)O)C3=O)c3ccccc3n2C)c1C. The van der Waals surface area contributed by atoms with E-state index in [9.17, 15) is 9.59 Å². The molecule has 0 aliphatic carbocycles. The normalized spacial score (nSPS) is 15.1. The lowest BCUT2D eigenvalue weighted by Gasteiger charge is -2.13. The van der Waals surface area contributed by atoms with Gasteiger partial charge in [0.25, 0.3) is 5.91 Å². The van der Waals surface area contributed by atoms with Crippen LogP contribution in [0.5, 0.6) is 11.6 Å². The van der Waals surface area contributed by atoms with E-state index in [0.29, 0.717) is 21.5 Å². The molecule has 3 aromatic rings. The van der Waals surface area contributed by atoms with Crippen molar-refractivity contribution in [1.82, 2.24) is 9.47 Å². The number of aliphatic carboxylic acids is 1. The second-order valence-electron chi connectivity index (χ2n) is 7.93. The molecule has 0 atom stereocenters. The third-order valence-corrected chi connectivity index (χ3v) is 7.15. The van der Waals surface area contributed by atoms with Crippen LogP contribution in [0.25, 0.3) is 17.0 Å². The fourth-order valence-corrected chi connectivity index (χ4v) is 5.10. The molecule has 0 spiro atoms. The van der Waals surface area contributed by atoms with Gasteiger partial charge in [0.2, 0.25) is 5.88 Å². The molecule has 1 saturated heterocycles. The Morgan fingerprint density at radius 3 is 2.70 bits per heavy atom. The van der Waals surface area contributed by atoms with Crippen LogP contribution in [0.15, 0.2) is 47.4 Å². The Morgan fingerprint density at radius 1 is 1.18 bits per heavy atom. The minimum Gasteiger partial charge on any atom is -0.481 e. The number of thiocarbonyl (C=S) groups is 1. The molecule has 1 aliphatic rings. The number of amides is 1. The van der Waals surface area contributed by atoms with Gasteiger partial charge in [0.1, 0.15) is 10.1 Å². The molecule has 1 amide bonds. The summed E-state index contributed by atoms with van der Waals surface area (Å²) >= 11 is 6.63. The molecule has 1 aromatic heterocycles. The monoisotopic (exact) mass is 480 g/mol. The summed E-state index contributed by atoms with van der Waals surface area (Å²) in [5, 5.41) is 9.86. The number of aryl methyl sites for hydroxylation is 2. The van der Waals surface area contributed by atoms with Crippen LogP contribution in [-0.4, -0.2) is 37.3 Å². The number of carbonyl (C=O) groups is 2. The summed E-state index contributed by atoms with van der Waals surface area (Å²) in [5.74, 6) is 0.304. The molecule has 0 saturated carbocycles. The first-order valence-corrected chi connectivity index (χ1v) is 11.8. The summed E-state index contributed by atoms with van der Waals surface area (Å²) in [5.41, 5.74) is 3.98. The predicted molar refractivity (Wildman–Crippen MR) is 136 cm³/mol. The van der Waals surface area contributed by atoms with Crippen LogP contribution < -0.4 is 4.74 Å². The van der Waals surface area contributed by atoms with Crippen molar-refractivity contribution >= 4 is 57.2 Å². The Kier molecular flexibility index (Phi) is 6.58. The van der Waals surface area contributed by atoms with E-state index in [1.807, 2.05) is 74.0 Å². The second kappa shape index (κ2) is 9.41. The number of para-hydroxylation sites is 1. The number of fused-ring (bicyclic) bond motifs is 1. The molecule has 4 rings (SSSR count). The zero-order valence-electron chi connectivity index (χ0n) is 18.6. The van der Waals surface area contributed by atoms with Crippen molar-refractivity contribution in [1.29, 1.82) is 0 Å². The standard InChI is InChI=1S/C25H24N2O4S2/c1-15-8-6-11-20(16(15)2)31-24-18(17-9-4-5-10-19(17)26(24)3)14-21-23(30)27(25(32)33-21)13-7-12-22(28)29/h4-6,8-11,14H,7,12-13H2,1-3H3,(H,28,29). The van der Waals surface area contributed by atoms with Gasteiger partial charge in [0, 0.05) is 31.0 Å². The maximum atomic E-state index is 13.1. The first-order chi connectivity index (χ1) is 15.8. The van der Waals surface area contributed by atoms with Gasteiger partial charge < -0.3 is 14.4 Å². The van der Waals surface area contributed by atoms with E-state index in [4.69, 9.17) is 22.1 Å². The highest BCUT2D eigenvalue weighted by molar-refractivity contribution is 8.26. The topological polar surface area (TPSA) is 71.8 Å². The largest absolute Gasteiger partial charge is 0.481 e. The number of rotatable bonds is 7. The van der Waals surface area contributed by atoms with Crippen LogP contribution in [0.2, 0.25) is 0 Å². The average Bonchev–Trinajstić information content (AvgIpc) is 3.20. The second-order valence-corrected chi connectivity index (χ2v) is 9.60. The number of aromatic nitrogens is 1. The van der Waals surface area contributed by atoms with E-state index in [2.05, 4.69) is 0 Å². The van der Waals surface area contributed by atoms with E-state index >= 15 is 0 Å². The molecule has 0 bridgehead atoms. The average molecular weight is 481 g/mol. The summed E-state index contributed by atoms with van der Waals surface area (Å²) in [6.07, 6.45) is 2.18. The van der Waals surface area contributed by atoms with E-state index < -0.39 is 5.97 Å². The van der Waals surface area contributed by atoms with E-state index in [1.54, 1.807) is 0 Å². The fraction of sp³-hybridized carbons (Fsp3) is 0.240. The number of hydrogen-bond acceptors (Lipinski definition) is 5. The van der Waals surface area contributed by atoms with Crippen LogP contribution in [0.4, 0.5) is 0 Å². The van der Waals surface area contributed by atoms with Gasteiger partial charge in [0.15, 0.2) is 0 Å².